The summed E-state index contributed by atoms with van der Waals surface area (Å²) >= 11 is 6.20. The predicted molar refractivity (Wildman–Crippen MR) is 130 cm³/mol. The molecule has 1 amide bonds. The summed E-state index contributed by atoms with van der Waals surface area (Å²) in [5.41, 5.74) is 3.62. The fraction of sp³-hybridized carbons (Fsp3) is 0.185. The van der Waals surface area contributed by atoms with Crippen LogP contribution in [0.15, 0.2) is 72.3 Å². The molecule has 33 heavy (non-hydrogen) atoms. The van der Waals surface area contributed by atoms with Crippen molar-refractivity contribution in [1.29, 1.82) is 0 Å². The number of ketones is 1. The zero-order chi connectivity index (χ0) is 23.7. The SMILES string of the molecule is CCOc1cc(/C(O)=C2\C(=O)C(=O)N(c3cccc(C)c3C)C2c2ccccc2)ccc1Cl. The van der Waals surface area contributed by atoms with E-state index in [2.05, 4.69) is 0 Å². The monoisotopic (exact) mass is 461 g/mol. The molecule has 1 aliphatic heterocycles. The highest BCUT2D eigenvalue weighted by atomic mass is 35.5. The third-order valence-electron chi connectivity index (χ3n) is 5.90. The molecule has 1 atom stereocenters. The van der Waals surface area contributed by atoms with E-state index in [0.29, 0.717) is 28.6 Å². The molecule has 1 N–H and O–H groups in total. The molecule has 0 spiro atoms. The summed E-state index contributed by atoms with van der Waals surface area (Å²) in [6.07, 6.45) is 0. The first-order valence-corrected chi connectivity index (χ1v) is 11.1. The summed E-state index contributed by atoms with van der Waals surface area (Å²) < 4.78 is 5.54. The number of aliphatic hydroxyl groups excluding tert-OH is 1. The molecule has 0 saturated carbocycles. The van der Waals surface area contributed by atoms with Crippen molar-refractivity contribution in [1.82, 2.24) is 0 Å². The Morgan fingerprint density at radius 3 is 2.45 bits per heavy atom. The summed E-state index contributed by atoms with van der Waals surface area (Å²) in [6.45, 7) is 6.09. The summed E-state index contributed by atoms with van der Waals surface area (Å²) in [5.74, 6) is -1.30. The number of Topliss-reactive ketones (excluding diaryl/α,β-unsaturated/α-hetero) is 1. The molecule has 0 aliphatic carbocycles. The maximum Gasteiger partial charge on any atom is 0.300 e. The highest BCUT2D eigenvalue weighted by Crippen LogP contribution is 2.43. The van der Waals surface area contributed by atoms with Crippen LogP contribution >= 0.6 is 11.6 Å². The van der Waals surface area contributed by atoms with Crippen molar-refractivity contribution >= 4 is 34.7 Å². The standard InChI is InChI=1S/C27H24ClNO4/c1-4-33-22-15-19(13-14-20(22)28)25(30)23-24(18-10-6-5-7-11-18)29(27(32)26(23)31)21-12-8-9-16(2)17(21)3/h5-15,24,30H,4H2,1-3H3/b25-23+. The molecule has 1 fully saturated rings. The van der Waals surface area contributed by atoms with Gasteiger partial charge in [-0.1, -0.05) is 54.1 Å². The Hall–Kier alpha value is -3.57. The Labute approximate surface area is 197 Å². The van der Waals surface area contributed by atoms with Crippen LogP contribution < -0.4 is 9.64 Å². The number of hydrogen-bond acceptors (Lipinski definition) is 4. The molecular formula is C27H24ClNO4. The topological polar surface area (TPSA) is 66.8 Å². The lowest BCUT2D eigenvalue weighted by molar-refractivity contribution is -0.132. The first-order valence-electron chi connectivity index (χ1n) is 10.7. The number of carbonyl (C=O) groups is 2. The molecule has 1 unspecified atom stereocenters. The molecule has 1 aliphatic rings. The highest BCUT2D eigenvalue weighted by molar-refractivity contribution is 6.51. The molecular weight excluding hydrogens is 438 g/mol. The summed E-state index contributed by atoms with van der Waals surface area (Å²) in [4.78, 5) is 28.1. The van der Waals surface area contributed by atoms with Gasteiger partial charge in [0.25, 0.3) is 11.7 Å². The molecule has 168 valence electrons. The Bertz CT molecular complexity index is 1270. The lowest BCUT2D eigenvalue weighted by atomic mass is 9.94. The van der Waals surface area contributed by atoms with Crippen molar-refractivity contribution in [3.63, 3.8) is 0 Å². The van der Waals surface area contributed by atoms with Crippen molar-refractivity contribution in [3.8, 4) is 5.75 Å². The minimum Gasteiger partial charge on any atom is -0.507 e. The number of halogens is 1. The van der Waals surface area contributed by atoms with Gasteiger partial charge in [0.05, 0.1) is 23.2 Å². The van der Waals surface area contributed by atoms with Crippen LogP contribution in [-0.2, 0) is 9.59 Å². The molecule has 3 aromatic carbocycles. The smallest absolute Gasteiger partial charge is 0.300 e. The minimum atomic E-state index is -0.780. The second-order valence-electron chi connectivity index (χ2n) is 7.88. The molecule has 1 heterocycles. The maximum absolute atomic E-state index is 13.3. The first-order chi connectivity index (χ1) is 15.8. The Balaban J connectivity index is 1.95. The fourth-order valence-corrected chi connectivity index (χ4v) is 4.27. The van der Waals surface area contributed by atoms with Gasteiger partial charge < -0.3 is 9.84 Å². The van der Waals surface area contributed by atoms with Crippen molar-refractivity contribution in [3.05, 3.63) is 99.6 Å². The van der Waals surface area contributed by atoms with Gasteiger partial charge in [0.1, 0.15) is 11.5 Å². The number of hydrogen-bond donors (Lipinski definition) is 1. The Morgan fingerprint density at radius 2 is 1.76 bits per heavy atom. The van der Waals surface area contributed by atoms with E-state index in [4.69, 9.17) is 16.3 Å². The van der Waals surface area contributed by atoms with Gasteiger partial charge in [-0.2, -0.15) is 0 Å². The molecule has 0 aromatic heterocycles. The number of anilines is 1. The van der Waals surface area contributed by atoms with Crippen molar-refractivity contribution < 1.29 is 19.4 Å². The summed E-state index contributed by atoms with van der Waals surface area (Å²) in [5, 5.41) is 11.7. The van der Waals surface area contributed by atoms with Crippen LogP contribution in [-0.4, -0.2) is 23.4 Å². The van der Waals surface area contributed by atoms with Crippen molar-refractivity contribution in [2.24, 2.45) is 0 Å². The van der Waals surface area contributed by atoms with E-state index in [0.717, 1.165) is 16.7 Å². The van der Waals surface area contributed by atoms with E-state index in [1.807, 2.05) is 69.3 Å². The number of rotatable bonds is 5. The largest absolute Gasteiger partial charge is 0.507 e. The van der Waals surface area contributed by atoms with E-state index in [-0.39, 0.29) is 11.3 Å². The molecule has 0 bridgehead atoms. The van der Waals surface area contributed by atoms with Crippen LogP contribution in [0.5, 0.6) is 5.75 Å². The van der Waals surface area contributed by atoms with Gasteiger partial charge in [-0.15, -0.1) is 0 Å². The van der Waals surface area contributed by atoms with Gasteiger partial charge in [-0.05, 0) is 61.7 Å². The fourth-order valence-electron chi connectivity index (χ4n) is 4.10. The van der Waals surface area contributed by atoms with Gasteiger partial charge in [0.2, 0.25) is 0 Å². The number of benzene rings is 3. The average Bonchev–Trinajstić information content (AvgIpc) is 3.08. The molecule has 4 rings (SSSR count). The highest BCUT2D eigenvalue weighted by Gasteiger charge is 2.47. The van der Waals surface area contributed by atoms with Crippen LogP contribution in [0.25, 0.3) is 5.76 Å². The van der Waals surface area contributed by atoms with Crippen molar-refractivity contribution in [2.75, 3.05) is 11.5 Å². The summed E-state index contributed by atoms with van der Waals surface area (Å²) in [6, 6.07) is 18.9. The Morgan fingerprint density at radius 1 is 1.03 bits per heavy atom. The maximum atomic E-state index is 13.3. The van der Waals surface area contributed by atoms with Crippen LogP contribution in [0, 0.1) is 13.8 Å². The third-order valence-corrected chi connectivity index (χ3v) is 6.21. The van der Waals surface area contributed by atoms with Gasteiger partial charge in [-0.25, -0.2) is 0 Å². The van der Waals surface area contributed by atoms with Gasteiger partial charge in [0, 0.05) is 11.3 Å². The number of aryl methyl sites for hydroxylation is 1. The van der Waals surface area contributed by atoms with Gasteiger partial charge in [0.15, 0.2) is 0 Å². The number of ether oxygens (including phenoxy) is 1. The number of carbonyl (C=O) groups excluding carboxylic acids is 2. The second kappa shape index (κ2) is 9.12. The average molecular weight is 462 g/mol. The first kappa shape index (κ1) is 22.6. The van der Waals surface area contributed by atoms with Crippen LogP contribution in [0.2, 0.25) is 5.02 Å². The zero-order valence-electron chi connectivity index (χ0n) is 18.6. The van der Waals surface area contributed by atoms with Crippen LogP contribution in [0.4, 0.5) is 5.69 Å². The van der Waals surface area contributed by atoms with Crippen LogP contribution in [0.1, 0.15) is 35.2 Å². The number of aliphatic hydroxyl groups is 1. The van der Waals surface area contributed by atoms with E-state index in [1.54, 1.807) is 18.2 Å². The van der Waals surface area contributed by atoms with E-state index in [9.17, 15) is 14.7 Å². The molecule has 5 nitrogen and oxygen atoms in total. The predicted octanol–water partition coefficient (Wildman–Crippen LogP) is 5.98. The van der Waals surface area contributed by atoms with Crippen molar-refractivity contribution in [2.45, 2.75) is 26.8 Å². The van der Waals surface area contributed by atoms with Gasteiger partial charge >= 0.3 is 0 Å². The molecule has 1 saturated heterocycles. The third kappa shape index (κ3) is 4.00. The lowest BCUT2D eigenvalue weighted by Crippen LogP contribution is -2.30. The quantitative estimate of drug-likeness (QED) is 0.288. The number of nitrogens with zero attached hydrogens (tertiary/aromatic N) is 1. The Kier molecular flexibility index (Phi) is 6.25. The van der Waals surface area contributed by atoms with E-state index >= 15 is 0 Å². The normalized spacial score (nSPS) is 17.5. The molecule has 3 aromatic rings. The lowest BCUT2D eigenvalue weighted by Gasteiger charge is -2.27. The van der Waals surface area contributed by atoms with E-state index < -0.39 is 17.7 Å². The second-order valence-corrected chi connectivity index (χ2v) is 8.28. The van der Waals surface area contributed by atoms with Crippen LogP contribution in [0.3, 0.4) is 0 Å². The van der Waals surface area contributed by atoms with E-state index in [1.165, 1.54) is 4.90 Å². The van der Waals surface area contributed by atoms with Gasteiger partial charge in [-0.3, -0.25) is 14.5 Å². The molecule has 0 radical (unpaired) electrons. The molecule has 6 heteroatoms. The summed E-state index contributed by atoms with van der Waals surface area (Å²) in [7, 11) is 0. The number of amides is 1. The minimum absolute atomic E-state index is 0.0249. The zero-order valence-corrected chi connectivity index (χ0v) is 19.4.